The SMILES string of the molecule is COc1cc(C(=O)NC23CCOCC2C3)cnc1-c1cc2nccc(-c3ccc(N4CC[C@@H](F)C4)c(C#N)c3)c2o1. The van der Waals surface area contributed by atoms with Gasteiger partial charge in [0.1, 0.15) is 29.2 Å². The van der Waals surface area contributed by atoms with Crippen LogP contribution in [0.2, 0.25) is 0 Å². The van der Waals surface area contributed by atoms with E-state index in [-0.39, 0.29) is 11.4 Å². The molecule has 7 rings (SSSR count). The van der Waals surface area contributed by atoms with E-state index < -0.39 is 6.17 Å². The van der Waals surface area contributed by atoms with Crippen molar-refractivity contribution in [2.45, 2.75) is 31.0 Å². The minimum Gasteiger partial charge on any atom is -0.494 e. The van der Waals surface area contributed by atoms with Crippen molar-refractivity contribution >= 4 is 22.7 Å². The molecule has 2 saturated heterocycles. The number of benzene rings is 1. The Bertz CT molecular complexity index is 1710. The van der Waals surface area contributed by atoms with E-state index in [0.717, 1.165) is 29.7 Å². The Morgan fingerprint density at radius 2 is 2.17 bits per heavy atom. The maximum Gasteiger partial charge on any atom is 0.253 e. The summed E-state index contributed by atoms with van der Waals surface area (Å²) in [5.74, 6) is 1.03. The van der Waals surface area contributed by atoms with E-state index in [4.69, 9.17) is 13.9 Å². The Hall–Kier alpha value is -4.49. The molecule has 9 nitrogen and oxygen atoms in total. The van der Waals surface area contributed by atoms with E-state index in [2.05, 4.69) is 21.4 Å². The van der Waals surface area contributed by atoms with E-state index >= 15 is 0 Å². The van der Waals surface area contributed by atoms with Crippen LogP contribution in [0.25, 0.3) is 33.7 Å². The Balaban J connectivity index is 1.19. The van der Waals surface area contributed by atoms with E-state index in [9.17, 15) is 14.4 Å². The Kier molecular flexibility index (Phi) is 6.12. The van der Waals surface area contributed by atoms with Crippen molar-refractivity contribution in [3.8, 4) is 34.4 Å². The van der Waals surface area contributed by atoms with Crippen molar-refractivity contribution in [3.63, 3.8) is 0 Å². The van der Waals surface area contributed by atoms with E-state index in [1.165, 1.54) is 13.3 Å². The van der Waals surface area contributed by atoms with Crippen LogP contribution in [0.3, 0.4) is 0 Å². The molecule has 41 heavy (non-hydrogen) atoms. The van der Waals surface area contributed by atoms with E-state index in [1.54, 1.807) is 24.4 Å². The van der Waals surface area contributed by atoms with Gasteiger partial charge in [-0.25, -0.2) is 9.37 Å². The molecular weight excluding hydrogens is 525 g/mol. The van der Waals surface area contributed by atoms with Crippen LogP contribution in [0.15, 0.2) is 53.2 Å². The fourth-order valence-electron chi connectivity index (χ4n) is 6.10. The first-order chi connectivity index (χ1) is 20.0. The fourth-order valence-corrected chi connectivity index (χ4v) is 6.10. The van der Waals surface area contributed by atoms with Crippen molar-refractivity contribution in [2.24, 2.45) is 5.92 Å². The van der Waals surface area contributed by atoms with E-state index in [0.29, 0.717) is 78.1 Å². The number of fused-ring (bicyclic) bond motifs is 2. The third-order valence-corrected chi connectivity index (χ3v) is 8.49. The van der Waals surface area contributed by atoms with Gasteiger partial charge in [0.2, 0.25) is 0 Å². The van der Waals surface area contributed by atoms with Crippen molar-refractivity contribution in [1.82, 2.24) is 15.3 Å². The number of carbonyl (C=O) groups excluding carboxylic acids is 1. The predicted octanol–water partition coefficient (Wildman–Crippen LogP) is 4.89. The number of nitriles is 1. The van der Waals surface area contributed by atoms with Crippen molar-refractivity contribution in [1.29, 1.82) is 5.26 Å². The van der Waals surface area contributed by atoms with Gasteiger partial charge in [-0.2, -0.15) is 5.26 Å². The van der Waals surface area contributed by atoms with Crippen LogP contribution in [0, 0.1) is 17.2 Å². The Morgan fingerprint density at radius 3 is 2.95 bits per heavy atom. The summed E-state index contributed by atoms with van der Waals surface area (Å²) in [6, 6.07) is 13.1. The number of methoxy groups -OCH3 is 1. The lowest BCUT2D eigenvalue weighted by Gasteiger charge is -2.23. The third-order valence-electron chi connectivity index (χ3n) is 8.49. The van der Waals surface area contributed by atoms with Crippen molar-refractivity contribution < 1.29 is 23.1 Å². The number of anilines is 1. The summed E-state index contributed by atoms with van der Waals surface area (Å²) in [5, 5.41) is 13.0. The fraction of sp³-hybridized carbons (Fsp3) is 0.355. The van der Waals surface area contributed by atoms with Gasteiger partial charge in [-0.15, -0.1) is 0 Å². The summed E-state index contributed by atoms with van der Waals surface area (Å²) >= 11 is 0. The molecule has 0 radical (unpaired) electrons. The maximum absolute atomic E-state index is 13.8. The van der Waals surface area contributed by atoms with Gasteiger partial charge in [-0.1, -0.05) is 6.07 Å². The lowest BCUT2D eigenvalue weighted by molar-refractivity contribution is 0.0663. The molecule has 2 unspecified atom stereocenters. The zero-order valence-corrected chi connectivity index (χ0v) is 22.5. The van der Waals surface area contributed by atoms with Gasteiger partial charge in [-0.3, -0.25) is 9.78 Å². The number of hydrogen-bond acceptors (Lipinski definition) is 8. The zero-order valence-electron chi connectivity index (χ0n) is 22.5. The first-order valence-electron chi connectivity index (χ1n) is 13.7. The average molecular weight is 554 g/mol. The highest BCUT2D eigenvalue weighted by Gasteiger charge is 2.56. The number of carbonyl (C=O) groups is 1. The first kappa shape index (κ1) is 25.5. The number of furan rings is 1. The maximum atomic E-state index is 13.8. The number of hydrogen-bond donors (Lipinski definition) is 1. The zero-order chi connectivity index (χ0) is 28.1. The number of nitrogens with one attached hydrogen (secondary N) is 1. The summed E-state index contributed by atoms with van der Waals surface area (Å²) in [4.78, 5) is 24.0. The van der Waals surface area contributed by atoms with Crippen LogP contribution in [-0.4, -0.2) is 61.0 Å². The van der Waals surface area contributed by atoms with Gasteiger partial charge >= 0.3 is 0 Å². The normalized spacial score (nSPS) is 23.2. The molecular formula is C31H28FN5O4. The smallest absolute Gasteiger partial charge is 0.253 e. The Morgan fingerprint density at radius 1 is 1.27 bits per heavy atom. The summed E-state index contributed by atoms with van der Waals surface area (Å²) < 4.78 is 31.2. The van der Waals surface area contributed by atoms with Crippen LogP contribution in [-0.2, 0) is 4.74 Å². The predicted molar refractivity (Wildman–Crippen MR) is 149 cm³/mol. The quantitative estimate of drug-likeness (QED) is 0.359. The lowest BCUT2D eigenvalue weighted by atomic mass is 10.0. The molecule has 3 aliphatic rings. The molecule has 1 aromatic carbocycles. The third kappa shape index (κ3) is 4.46. The van der Waals surface area contributed by atoms with E-state index in [1.807, 2.05) is 23.1 Å². The highest BCUT2D eigenvalue weighted by molar-refractivity contribution is 5.96. The van der Waals surface area contributed by atoms with Crippen LogP contribution in [0.1, 0.15) is 35.2 Å². The van der Waals surface area contributed by atoms with Gasteiger partial charge < -0.3 is 24.1 Å². The molecule has 10 heteroatoms. The second-order valence-electron chi connectivity index (χ2n) is 11.0. The van der Waals surface area contributed by atoms with Gasteiger partial charge in [0.25, 0.3) is 5.91 Å². The van der Waals surface area contributed by atoms with Crippen LogP contribution in [0.5, 0.6) is 5.75 Å². The number of rotatable bonds is 6. The molecule has 3 fully saturated rings. The summed E-state index contributed by atoms with van der Waals surface area (Å²) in [7, 11) is 1.53. The van der Waals surface area contributed by atoms with Crippen LogP contribution in [0.4, 0.5) is 10.1 Å². The number of halogens is 1. The van der Waals surface area contributed by atoms with Gasteiger partial charge in [0.15, 0.2) is 11.3 Å². The molecule has 1 N–H and O–H groups in total. The molecule has 5 heterocycles. The number of amides is 1. The number of nitrogens with zero attached hydrogens (tertiary/aromatic N) is 4. The van der Waals surface area contributed by atoms with Gasteiger partial charge in [0, 0.05) is 55.2 Å². The van der Waals surface area contributed by atoms with Crippen LogP contribution >= 0.6 is 0 Å². The summed E-state index contributed by atoms with van der Waals surface area (Å²) in [6.07, 6.45) is 4.55. The highest BCUT2D eigenvalue weighted by atomic mass is 19.1. The average Bonchev–Trinajstić information content (AvgIpc) is 3.29. The number of aromatic nitrogens is 2. The largest absolute Gasteiger partial charge is 0.494 e. The molecule has 2 aliphatic heterocycles. The Labute approximate surface area is 235 Å². The molecule has 4 aromatic rings. The number of ether oxygens (including phenoxy) is 2. The topological polar surface area (TPSA) is 114 Å². The second kappa shape index (κ2) is 9.85. The molecule has 208 valence electrons. The number of pyridine rings is 2. The van der Waals surface area contributed by atoms with Crippen molar-refractivity contribution in [3.05, 3.63) is 59.9 Å². The molecule has 1 saturated carbocycles. The van der Waals surface area contributed by atoms with Gasteiger partial charge in [0.05, 0.1) is 30.5 Å². The first-order valence-corrected chi connectivity index (χ1v) is 13.7. The molecule has 0 bridgehead atoms. The van der Waals surface area contributed by atoms with Gasteiger partial charge in [-0.05, 0) is 49.1 Å². The summed E-state index contributed by atoms with van der Waals surface area (Å²) in [6.45, 7) is 2.21. The molecule has 3 atom stereocenters. The monoisotopic (exact) mass is 553 g/mol. The minimum atomic E-state index is -0.881. The van der Waals surface area contributed by atoms with Crippen LogP contribution < -0.4 is 15.0 Å². The standard InChI is InChI=1S/C31H28FN5O4/c1-39-26-11-20(30(38)36-31-6-9-40-17-21(31)13-31)15-35-28(26)27-12-24-29(41-27)23(4-7-34-24)18-2-3-25(19(10-18)14-33)37-8-5-22(32)16-37/h2-4,7,10-12,15,21-22H,5-6,8-9,13,16-17H2,1H3,(H,36,38)/t21?,22-,31?/m1/s1. The minimum absolute atomic E-state index is 0.171. The highest BCUT2D eigenvalue weighted by Crippen LogP contribution is 2.49. The number of alkyl halides is 1. The van der Waals surface area contributed by atoms with Crippen molar-refractivity contribution in [2.75, 3.05) is 38.3 Å². The molecule has 3 aromatic heterocycles. The molecule has 0 spiro atoms. The molecule has 1 aliphatic carbocycles. The molecule has 1 amide bonds. The second-order valence-corrected chi connectivity index (χ2v) is 11.0. The lowest BCUT2D eigenvalue weighted by Crippen LogP contribution is -2.42. The summed E-state index contributed by atoms with van der Waals surface area (Å²) in [5.41, 5.74) is 4.59.